The number of nitrogens with zero attached hydrogens (tertiary/aromatic N) is 2. The van der Waals surface area contributed by atoms with E-state index in [-0.39, 0.29) is 0 Å². The van der Waals surface area contributed by atoms with Gasteiger partial charge >= 0.3 is 0 Å². The SMILES string of the molecule is CC(C)CN(C)CC(C)N1CCNCC1. The van der Waals surface area contributed by atoms with Gasteiger partial charge in [-0.05, 0) is 19.9 Å². The van der Waals surface area contributed by atoms with Gasteiger partial charge in [0.15, 0.2) is 0 Å². The van der Waals surface area contributed by atoms with Crippen LogP contribution in [0.2, 0.25) is 0 Å². The van der Waals surface area contributed by atoms with Gasteiger partial charge < -0.3 is 10.2 Å². The Morgan fingerprint density at radius 2 is 1.73 bits per heavy atom. The Morgan fingerprint density at radius 3 is 2.27 bits per heavy atom. The minimum Gasteiger partial charge on any atom is -0.314 e. The summed E-state index contributed by atoms with van der Waals surface area (Å²) < 4.78 is 0. The van der Waals surface area contributed by atoms with Crippen molar-refractivity contribution in [2.75, 3.05) is 46.3 Å². The molecule has 3 heteroatoms. The van der Waals surface area contributed by atoms with Gasteiger partial charge in [0.05, 0.1) is 0 Å². The summed E-state index contributed by atoms with van der Waals surface area (Å²) in [5.74, 6) is 0.769. The van der Waals surface area contributed by atoms with Crippen LogP contribution < -0.4 is 5.32 Å². The van der Waals surface area contributed by atoms with Crippen LogP contribution in [-0.2, 0) is 0 Å². The van der Waals surface area contributed by atoms with Crippen molar-refractivity contribution in [1.29, 1.82) is 0 Å². The van der Waals surface area contributed by atoms with Crippen molar-refractivity contribution in [3.8, 4) is 0 Å². The molecule has 0 aromatic heterocycles. The van der Waals surface area contributed by atoms with Crippen LogP contribution in [0.15, 0.2) is 0 Å². The quantitative estimate of drug-likeness (QED) is 0.731. The second kappa shape index (κ2) is 6.46. The maximum atomic E-state index is 3.40. The lowest BCUT2D eigenvalue weighted by atomic mass is 10.2. The minimum atomic E-state index is 0.691. The lowest BCUT2D eigenvalue weighted by Gasteiger charge is -2.35. The van der Waals surface area contributed by atoms with Gasteiger partial charge in [0.2, 0.25) is 0 Å². The van der Waals surface area contributed by atoms with Gasteiger partial charge in [-0.15, -0.1) is 0 Å². The molecule has 1 aliphatic rings. The molecule has 0 bridgehead atoms. The summed E-state index contributed by atoms with van der Waals surface area (Å²) in [6.45, 7) is 14.0. The molecule has 1 heterocycles. The zero-order valence-corrected chi connectivity index (χ0v) is 10.8. The summed E-state index contributed by atoms with van der Waals surface area (Å²) in [6, 6.07) is 0.691. The molecule has 0 spiro atoms. The summed E-state index contributed by atoms with van der Waals surface area (Å²) in [5, 5.41) is 3.40. The smallest absolute Gasteiger partial charge is 0.0195 e. The lowest BCUT2D eigenvalue weighted by molar-refractivity contribution is 0.141. The van der Waals surface area contributed by atoms with Crippen LogP contribution in [0.5, 0.6) is 0 Å². The number of nitrogens with one attached hydrogen (secondary N) is 1. The lowest BCUT2D eigenvalue weighted by Crippen LogP contribution is -2.50. The van der Waals surface area contributed by atoms with E-state index in [9.17, 15) is 0 Å². The fraction of sp³-hybridized carbons (Fsp3) is 1.00. The molecular weight excluding hydrogens is 186 g/mol. The van der Waals surface area contributed by atoms with Crippen LogP contribution in [0.1, 0.15) is 20.8 Å². The zero-order valence-electron chi connectivity index (χ0n) is 10.8. The fourth-order valence-corrected chi connectivity index (χ4v) is 2.39. The summed E-state index contributed by atoms with van der Waals surface area (Å²) >= 11 is 0. The third-order valence-corrected chi connectivity index (χ3v) is 3.03. The Labute approximate surface area is 94.8 Å². The first kappa shape index (κ1) is 12.9. The second-order valence-electron chi connectivity index (χ2n) is 5.25. The Bertz CT molecular complexity index is 164. The minimum absolute atomic E-state index is 0.691. The van der Waals surface area contributed by atoms with Crippen LogP contribution >= 0.6 is 0 Å². The van der Waals surface area contributed by atoms with Crippen molar-refractivity contribution in [2.24, 2.45) is 5.92 Å². The first-order valence-corrected chi connectivity index (χ1v) is 6.23. The topological polar surface area (TPSA) is 18.5 Å². The molecule has 90 valence electrons. The van der Waals surface area contributed by atoms with Gasteiger partial charge in [0.25, 0.3) is 0 Å². The van der Waals surface area contributed by atoms with E-state index in [4.69, 9.17) is 0 Å². The average molecular weight is 213 g/mol. The fourth-order valence-electron chi connectivity index (χ4n) is 2.39. The molecule has 0 aliphatic carbocycles. The molecule has 0 aromatic rings. The van der Waals surface area contributed by atoms with E-state index in [1.54, 1.807) is 0 Å². The largest absolute Gasteiger partial charge is 0.314 e. The molecule has 1 N–H and O–H groups in total. The molecule has 1 atom stereocenters. The Hall–Kier alpha value is -0.120. The van der Waals surface area contributed by atoms with E-state index in [0.29, 0.717) is 6.04 Å². The molecular formula is C12H27N3. The number of rotatable bonds is 5. The second-order valence-corrected chi connectivity index (χ2v) is 5.25. The van der Waals surface area contributed by atoms with Gasteiger partial charge in [-0.2, -0.15) is 0 Å². The molecule has 0 saturated carbocycles. The molecule has 1 fully saturated rings. The van der Waals surface area contributed by atoms with E-state index in [0.717, 1.165) is 19.0 Å². The van der Waals surface area contributed by atoms with Crippen molar-refractivity contribution in [3.63, 3.8) is 0 Å². The van der Waals surface area contributed by atoms with E-state index in [2.05, 4.69) is 42.9 Å². The first-order chi connectivity index (χ1) is 7.09. The third kappa shape index (κ3) is 4.96. The van der Waals surface area contributed by atoms with Crippen molar-refractivity contribution >= 4 is 0 Å². The molecule has 1 unspecified atom stereocenters. The van der Waals surface area contributed by atoms with Crippen molar-refractivity contribution in [2.45, 2.75) is 26.8 Å². The highest BCUT2D eigenvalue weighted by Gasteiger charge is 2.17. The maximum Gasteiger partial charge on any atom is 0.0195 e. The Morgan fingerprint density at radius 1 is 1.13 bits per heavy atom. The van der Waals surface area contributed by atoms with E-state index < -0.39 is 0 Å². The van der Waals surface area contributed by atoms with E-state index in [1.165, 1.54) is 26.2 Å². The first-order valence-electron chi connectivity index (χ1n) is 6.23. The number of hydrogen-bond acceptors (Lipinski definition) is 3. The monoisotopic (exact) mass is 213 g/mol. The van der Waals surface area contributed by atoms with Crippen LogP contribution in [0.3, 0.4) is 0 Å². The molecule has 0 amide bonds. The average Bonchev–Trinajstić information content (AvgIpc) is 2.17. The standard InChI is InChI=1S/C12H27N3/c1-11(2)9-14(4)10-12(3)15-7-5-13-6-8-15/h11-13H,5-10H2,1-4H3. The van der Waals surface area contributed by atoms with Crippen LogP contribution in [0.4, 0.5) is 0 Å². The van der Waals surface area contributed by atoms with Crippen LogP contribution in [0.25, 0.3) is 0 Å². The summed E-state index contributed by atoms with van der Waals surface area (Å²) in [6.07, 6.45) is 0. The van der Waals surface area contributed by atoms with Crippen molar-refractivity contribution < 1.29 is 0 Å². The van der Waals surface area contributed by atoms with Crippen molar-refractivity contribution in [1.82, 2.24) is 15.1 Å². The number of hydrogen-bond donors (Lipinski definition) is 1. The van der Waals surface area contributed by atoms with E-state index in [1.807, 2.05) is 0 Å². The Kier molecular flexibility index (Phi) is 5.58. The van der Waals surface area contributed by atoms with Crippen molar-refractivity contribution in [3.05, 3.63) is 0 Å². The number of likely N-dealkylation sites (N-methyl/N-ethyl adjacent to an activating group) is 1. The van der Waals surface area contributed by atoms with Gasteiger partial charge in [0, 0.05) is 45.3 Å². The highest BCUT2D eigenvalue weighted by Crippen LogP contribution is 2.04. The Balaban J connectivity index is 2.23. The molecule has 1 rings (SSSR count). The highest BCUT2D eigenvalue weighted by molar-refractivity contribution is 4.75. The van der Waals surface area contributed by atoms with Crippen LogP contribution in [0, 0.1) is 5.92 Å². The molecule has 1 saturated heterocycles. The predicted molar refractivity (Wildman–Crippen MR) is 66.2 cm³/mol. The summed E-state index contributed by atoms with van der Waals surface area (Å²) in [4.78, 5) is 5.05. The molecule has 0 aromatic carbocycles. The number of piperazine rings is 1. The van der Waals surface area contributed by atoms with E-state index >= 15 is 0 Å². The van der Waals surface area contributed by atoms with Crippen LogP contribution in [-0.4, -0.2) is 62.2 Å². The zero-order chi connectivity index (χ0) is 11.3. The third-order valence-electron chi connectivity index (χ3n) is 3.03. The van der Waals surface area contributed by atoms with Gasteiger partial charge in [-0.1, -0.05) is 13.8 Å². The van der Waals surface area contributed by atoms with Gasteiger partial charge in [-0.25, -0.2) is 0 Å². The van der Waals surface area contributed by atoms with Gasteiger partial charge in [0.1, 0.15) is 0 Å². The maximum absolute atomic E-state index is 3.40. The normalized spacial score (nSPS) is 21.2. The van der Waals surface area contributed by atoms with Gasteiger partial charge in [-0.3, -0.25) is 4.90 Å². The predicted octanol–water partition coefficient (Wildman–Crippen LogP) is 0.868. The molecule has 1 aliphatic heterocycles. The molecule has 15 heavy (non-hydrogen) atoms. The highest BCUT2D eigenvalue weighted by atomic mass is 15.2. The molecule has 3 nitrogen and oxygen atoms in total. The molecule has 0 radical (unpaired) electrons. The summed E-state index contributed by atoms with van der Waals surface area (Å²) in [7, 11) is 2.23. The summed E-state index contributed by atoms with van der Waals surface area (Å²) in [5.41, 5.74) is 0.